The van der Waals surface area contributed by atoms with E-state index in [0.29, 0.717) is 45.4 Å². The number of ether oxygens (including phenoxy) is 1. The van der Waals surface area contributed by atoms with Gasteiger partial charge in [-0.2, -0.15) is 22.7 Å². The molecule has 7 nitrogen and oxygen atoms in total. The van der Waals surface area contributed by atoms with Crippen LogP contribution in [-0.2, 0) is 29.2 Å². The Kier molecular flexibility index (Phi) is 11.8. The molecule has 0 aliphatic heterocycles. The van der Waals surface area contributed by atoms with Crippen LogP contribution in [0.5, 0.6) is 0 Å². The van der Waals surface area contributed by atoms with Gasteiger partial charge in [0.05, 0.1) is 18.4 Å². The van der Waals surface area contributed by atoms with Crippen molar-refractivity contribution in [3.8, 4) is 0 Å². The van der Waals surface area contributed by atoms with E-state index >= 15 is 0 Å². The molecule has 2 N–H and O–H groups in total. The maximum Gasteiger partial charge on any atom is 0.407 e. The summed E-state index contributed by atoms with van der Waals surface area (Å²) in [6.07, 6.45) is 1.03. The number of carboxylic acid groups (broad SMARTS) is 1. The maximum atomic E-state index is 13.8. The second-order valence-corrected chi connectivity index (χ2v) is 11.9. The largest absolute Gasteiger partial charge is 0.465 e. The summed E-state index contributed by atoms with van der Waals surface area (Å²) in [7, 11) is 0. The van der Waals surface area contributed by atoms with Gasteiger partial charge in [0.1, 0.15) is 0 Å². The molecule has 0 radical (unpaired) electrons. The van der Waals surface area contributed by atoms with E-state index in [2.05, 4.69) is 28.2 Å². The number of carbonyl (C=O) groups excluding carboxylic acids is 1. The molecule has 2 aromatic heterocycles. The fraction of sp³-hybridized carbons (Fsp3) is 0.448. The van der Waals surface area contributed by atoms with Crippen molar-refractivity contribution in [2.24, 2.45) is 0 Å². The normalized spacial score (nSPS) is 12.3. The van der Waals surface area contributed by atoms with Gasteiger partial charge in [0.15, 0.2) is 0 Å². The Balaban J connectivity index is 1.64. The van der Waals surface area contributed by atoms with Crippen LogP contribution in [0, 0.1) is 0 Å². The van der Waals surface area contributed by atoms with Crippen molar-refractivity contribution in [3.63, 3.8) is 0 Å². The number of thiophene rings is 2. The average Bonchev–Trinajstić information content (AvgIpc) is 3.58. The van der Waals surface area contributed by atoms with E-state index in [1.54, 1.807) is 22.7 Å². The molecular weight excluding hydrogens is 518 g/mol. The summed E-state index contributed by atoms with van der Waals surface area (Å²) in [5.74, 6) is 0.0271. The van der Waals surface area contributed by atoms with Gasteiger partial charge in [0, 0.05) is 26.2 Å². The first-order chi connectivity index (χ1) is 18.2. The van der Waals surface area contributed by atoms with Crippen molar-refractivity contribution in [2.45, 2.75) is 71.3 Å². The molecule has 1 aromatic carbocycles. The summed E-state index contributed by atoms with van der Waals surface area (Å²) >= 11 is 3.25. The molecule has 2 heterocycles. The molecule has 0 bridgehead atoms. The Hall–Kier alpha value is -2.72. The molecule has 0 spiro atoms. The lowest BCUT2D eigenvalue weighted by Crippen LogP contribution is -2.47. The Labute approximate surface area is 234 Å². The van der Waals surface area contributed by atoms with Crippen LogP contribution in [0.3, 0.4) is 0 Å². The van der Waals surface area contributed by atoms with Gasteiger partial charge >= 0.3 is 6.09 Å². The van der Waals surface area contributed by atoms with Gasteiger partial charge in [-0.1, -0.05) is 30.3 Å². The minimum atomic E-state index is -0.934. The predicted molar refractivity (Wildman–Crippen MR) is 154 cm³/mol. The zero-order valence-corrected chi connectivity index (χ0v) is 24.1. The number of nitrogens with zero attached hydrogens (tertiary/aromatic N) is 2. The summed E-state index contributed by atoms with van der Waals surface area (Å²) < 4.78 is 5.88. The van der Waals surface area contributed by atoms with Gasteiger partial charge in [-0.05, 0) is 90.4 Å². The highest BCUT2D eigenvalue weighted by molar-refractivity contribution is 7.08. The van der Waals surface area contributed by atoms with Gasteiger partial charge < -0.3 is 19.6 Å². The molecule has 3 aromatic rings. The minimum Gasteiger partial charge on any atom is -0.465 e. The molecule has 0 fully saturated rings. The highest BCUT2D eigenvalue weighted by atomic mass is 32.1. The first-order valence-electron chi connectivity index (χ1n) is 12.9. The summed E-state index contributed by atoms with van der Waals surface area (Å²) in [6.45, 7) is 8.07. The smallest absolute Gasteiger partial charge is 0.407 e. The van der Waals surface area contributed by atoms with E-state index in [0.717, 1.165) is 16.7 Å². The van der Waals surface area contributed by atoms with Crippen molar-refractivity contribution < 1.29 is 19.4 Å². The van der Waals surface area contributed by atoms with Crippen molar-refractivity contribution in [1.29, 1.82) is 0 Å². The molecule has 0 unspecified atom stereocenters. The van der Waals surface area contributed by atoms with E-state index < -0.39 is 12.1 Å². The quantitative estimate of drug-likeness (QED) is 0.166. The number of rotatable bonds is 15. The molecule has 2 amide bonds. The molecule has 0 saturated heterocycles. The molecule has 38 heavy (non-hydrogen) atoms. The lowest BCUT2D eigenvalue weighted by Gasteiger charge is -2.29. The molecule has 0 aliphatic carbocycles. The Morgan fingerprint density at radius 1 is 0.895 bits per heavy atom. The van der Waals surface area contributed by atoms with Crippen LogP contribution in [0.15, 0.2) is 64.0 Å². The highest BCUT2D eigenvalue weighted by Gasteiger charge is 2.25. The number of hydrogen-bond acceptors (Lipinski definition) is 6. The minimum absolute atomic E-state index is 0.0271. The number of hydrogen-bond donors (Lipinski definition) is 2. The molecule has 0 saturated carbocycles. The molecule has 3 rings (SSSR count). The third-order valence-corrected chi connectivity index (χ3v) is 7.47. The van der Waals surface area contributed by atoms with Crippen molar-refractivity contribution in [2.75, 3.05) is 13.3 Å². The van der Waals surface area contributed by atoms with Crippen molar-refractivity contribution in [1.82, 2.24) is 15.1 Å². The Morgan fingerprint density at radius 3 is 2.03 bits per heavy atom. The standard InChI is InChI=1S/C29H39N3O4S2/c1-29(2,3)36-22-30-26(11-7-8-14-31(28(34)35)17-23-9-5-4-6-10-23)27(33)32(18-24-12-15-37-20-24)19-25-13-16-38-21-25/h4-6,9-10,12-13,15-16,20-21,26,30H,7-8,11,14,17-19,22H2,1-3H3,(H,34,35)/t26-/m0/s1. The lowest BCUT2D eigenvalue weighted by molar-refractivity contribution is -0.136. The van der Waals surface area contributed by atoms with Gasteiger partial charge in [-0.3, -0.25) is 10.1 Å². The van der Waals surface area contributed by atoms with Crippen LogP contribution in [0.4, 0.5) is 4.79 Å². The van der Waals surface area contributed by atoms with Crippen LogP contribution < -0.4 is 5.32 Å². The van der Waals surface area contributed by atoms with Gasteiger partial charge in [0.25, 0.3) is 0 Å². The van der Waals surface area contributed by atoms with E-state index in [1.807, 2.05) is 66.8 Å². The molecule has 206 valence electrons. The molecule has 1 atom stereocenters. The zero-order chi connectivity index (χ0) is 27.4. The highest BCUT2D eigenvalue weighted by Crippen LogP contribution is 2.18. The number of amides is 2. The van der Waals surface area contributed by atoms with Crippen LogP contribution in [0.1, 0.15) is 56.7 Å². The fourth-order valence-electron chi connectivity index (χ4n) is 4.01. The zero-order valence-electron chi connectivity index (χ0n) is 22.5. The number of unbranched alkanes of at least 4 members (excludes halogenated alkanes) is 1. The first-order valence-corrected chi connectivity index (χ1v) is 14.8. The van der Waals surface area contributed by atoms with Gasteiger partial charge in [-0.25, -0.2) is 4.79 Å². The van der Waals surface area contributed by atoms with Crippen molar-refractivity contribution in [3.05, 3.63) is 80.7 Å². The molecule has 9 heteroatoms. The van der Waals surface area contributed by atoms with Crippen LogP contribution in [-0.4, -0.2) is 51.8 Å². The molecular formula is C29H39N3O4S2. The number of nitrogens with one attached hydrogen (secondary N) is 1. The lowest BCUT2D eigenvalue weighted by atomic mass is 10.1. The second kappa shape index (κ2) is 15.0. The monoisotopic (exact) mass is 557 g/mol. The topological polar surface area (TPSA) is 82.1 Å². The first kappa shape index (κ1) is 29.8. The number of benzene rings is 1. The van der Waals surface area contributed by atoms with E-state index in [-0.39, 0.29) is 18.2 Å². The van der Waals surface area contributed by atoms with Gasteiger partial charge in [-0.15, -0.1) is 0 Å². The predicted octanol–water partition coefficient (Wildman–Crippen LogP) is 6.42. The van der Waals surface area contributed by atoms with Crippen LogP contribution in [0.25, 0.3) is 0 Å². The fourth-order valence-corrected chi connectivity index (χ4v) is 5.33. The Morgan fingerprint density at radius 2 is 1.50 bits per heavy atom. The number of carbonyl (C=O) groups is 2. The van der Waals surface area contributed by atoms with E-state index in [9.17, 15) is 14.7 Å². The maximum absolute atomic E-state index is 13.8. The summed E-state index contributed by atoms with van der Waals surface area (Å²) in [4.78, 5) is 29.0. The second-order valence-electron chi connectivity index (χ2n) is 10.3. The SMILES string of the molecule is CC(C)(C)OCN[C@@H](CCCCN(Cc1ccccc1)C(=O)O)C(=O)N(Cc1ccsc1)Cc1ccsc1. The average molecular weight is 558 g/mol. The van der Waals surface area contributed by atoms with Crippen LogP contribution >= 0.6 is 22.7 Å². The molecule has 0 aliphatic rings. The Bertz CT molecular complexity index is 1050. The van der Waals surface area contributed by atoms with E-state index in [1.165, 1.54) is 4.90 Å². The van der Waals surface area contributed by atoms with Gasteiger partial charge in [0.2, 0.25) is 5.91 Å². The summed E-state index contributed by atoms with van der Waals surface area (Å²) in [5, 5.41) is 21.2. The summed E-state index contributed by atoms with van der Waals surface area (Å²) in [5.41, 5.74) is 2.86. The summed E-state index contributed by atoms with van der Waals surface area (Å²) in [6, 6.07) is 13.3. The third kappa shape index (κ3) is 10.6. The third-order valence-electron chi connectivity index (χ3n) is 6.01. The van der Waals surface area contributed by atoms with Crippen molar-refractivity contribution >= 4 is 34.7 Å². The van der Waals surface area contributed by atoms with Crippen LogP contribution in [0.2, 0.25) is 0 Å². The van der Waals surface area contributed by atoms with E-state index in [4.69, 9.17) is 4.74 Å².